The van der Waals surface area contributed by atoms with E-state index in [9.17, 15) is 0 Å². The van der Waals surface area contributed by atoms with Crippen molar-refractivity contribution in [3.63, 3.8) is 0 Å². The third-order valence-electron chi connectivity index (χ3n) is 12.3. The molecule has 0 spiro atoms. The molecule has 4 nitrogen and oxygen atoms in total. The summed E-state index contributed by atoms with van der Waals surface area (Å²) in [7, 11) is -2.78. The van der Waals surface area contributed by atoms with Crippen LogP contribution < -0.4 is 18.1 Å². The minimum atomic E-state index is -1.39. The zero-order chi connectivity index (χ0) is 50.2. The molecule has 4 aromatic carbocycles. The molecule has 4 aromatic rings. The molecule has 0 aromatic heterocycles. The maximum absolute atomic E-state index is 7.18. The Labute approximate surface area is 408 Å². The lowest BCUT2D eigenvalue weighted by molar-refractivity contribution is 0.450. The fourth-order valence-electron chi connectivity index (χ4n) is 7.79. The summed E-state index contributed by atoms with van der Waals surface area (Å²) in [5.41, 5.74) is 9.60. The van der Waals surface area contributed by atoms with Crippen LogP contribution in [-0.2, 0) is 43.3 Å². The molecular weight excluding hydrogens is 847 g/mol. The van der Waals surface area contributed by atoms with E-state index in [0.717, 1.165) is 48.2 Å². The third-order valence-corrected chi connectivity index (χ3v) is 15.3. The lowest BCUT2D eigenvalue weighted by Gasteiger charge is -2.31. The summed E-state index contributed by atoms with van der Waals surface area (Å²) < 4.78 is 28.7. The second-order valence-corrected chi connectivity index (χ2v) is 30.0. The van der Waals surface area contributed by atoms with E-state index >= 15 is 0 Å². The van der Waals surface area contributed by atoms with Gasteiger partial charge in [0.1, 0.15) is 23.0 Å². The smallest absolute Gasteiger partial charge is 0.290 e. The Balaban J connectivity index is 1.78. The largest absolute Gasteiger partial charge is 0.438 e. The third kappa shape index (κ3) is 15.2. The molecule has 0 fully saturated rings. The maximum atomic E-state index is 7.18. The van der Waals surface area contributed by atoms with Crippen molar-refractivity contribution in [1.82, 2.24) is 0 Å². The topological polar surface area (TPSA) is 36.9 Å². The molecule has 0 unspecified atom stereocenters. The molecule has 0 saturated carbocycles. The summed E-state index contributed by atoms with van der Waals surface area (Å²) in [5.74, 6) is 3.61. The Morgan fingerprint density at radius 2 is 0.455 bits per heavy atom. The van der Waals surface area contributed by atoms with Crippen LogP contribution in [0.1, 0.15) is 224 Å². The minimum absolute atomic E-state index is 0.0171. The van der Waals surface area contributed by atoms with Crippen LogP contribution in [0.2, 0.25) is 0 Å². The average molecular weight is 939 g/mol. The van der Waals surface area contributed by atoms with Gasteiger partial charge in [0.05, 0.1) is 0 Å². The quantitative estimate of drug-likeness (QED) is 0.0989. The van der Waals surface area contributed by atoms with Gasteiger partial charge < -0.3 is 18.1 Å². The molecule has 0 atom stereocenters. The van der Waals surface area contributed by atoms with E-state index in [-0.39, 0.29) is 43.3 Å². The summed E-state index contributed by atoms with van der Waals surface area (Å²) in [5, 5.41) is 0. The first-order valence-electron chi connectivity index (χ1n) is 24.6. The van der Waals surface area contributed by atoms with Crippen LogP contribution in [0.5, 0.6) is 23.0 Å². The van der Waals surface area contributed by atoms with Crippen molar-refractivity contribution in [2.45, 2.75) is 222 Å². The number of unbranched alkanes of at least 4 members (excludes halogenated alkanes) is 1. The van der Waals surface area contributed by atoms with Crippen LogP contribution in [-0.4, -0.2) is 12.3 Å². The molecule has 0 aliphatic rings. The van der Waals surface area contributed by atoms with Crippen molar-refractivity contribution >= 4 is 16.8 Å². The van der Waals surface area contributed by atoms with E-state index < -0.39 is 16.8 Å². The Hall–Kier alpha value is -3.06. The summed E-state index contributed by atoms with van der Waals surface area (Å²) >= 11 is 0. The normalized spacial score (nSPS) is 13.7. The molecule has 0 saturated heterocycles. The Kier molecular flexibility index (Phi) is 16.9. The van der Waals surface area contributed by atoms with Crippen molar-refractivity contribution in [2.24, 2.45) is 0 Å². The second-order valence-electron chi connectivity index (χ2n) is 27.0. The fraction of sp³-hybridized carbons (Fsp3) is 0.600. The number of benzene rings is 4. The molecule has 0 N–H and O–H groups in total. The SMILES string of the molecule is CC(C)(C)c1ccc(OP(CCCCP(Oc2ccc(C(C)(C)C)cc2C(C)(C)C)Oc2ccc(C(C)(C)C)cc2C(C)(C)C)Oc2ccc(C(C)(C)C)cc2C(C)(C)C)c(C(C)(C)C)c1. The molecule has 0 radical (unpaired) electrons. The first-order chi connectivity index (χ1) is 29.8. The van der Waals surface area contributed by atoms with Crippen molar-refractivity contribution in [2.75, 3.05) is 12.3 Å². The summed E-state index contributed by atoms with van der Waals surface area (Å²) in [6, 6.07) is 27.1. The average Bonchev–Trinajstić information content (AvgIpc) is 3.13. The van der Waals surface area contributed by atoms with Crippen LogP contribution >= 0.6 is 16.8 Å². The highest BCUT2D eigenvalue weighted by atomic mass is 31.2. The maximum Gasteiger partial charge on any atom is 0.290 e. The summed E-state index contributed by atoms with van der Waals surface area (Å²) in [6.07, 6.45) is 3.29. The molecular formula is C60H92O4P2. The highest BCUT2D eigenvalue weighted by Crippen LogP contribution is 2.51. The molecule has 66 heavy (non-hydrogen) atoms. The fourth-order valence-corrected chi connectivity index (χ4v) is 10.7. The number of hydrogen-bond acceptors (Lipinski definition) is 4. The summed E-state index contributed by atoms with van der Waals surface area (Å²) in [6.45, 7) is 54.6. The van der Waals surface area contributed by atoms with E-state index in [0.29, 0.717) is 0 Å². The van der Waals surface area contributed by atoms with E-state index in [1.54, 1.807) is 0 Å². The zero-order valence-corrected chi connectivity index (χ0v) is 48.1. The Bertz CT molecular complexity index is 1930. The van der Waals surface area contributed by atoms with Gasteiger partial charge in [-0.15, -0.1) is 0 Å². The van der Waals surface area contributed by atoms with Crippen LogP contribution in [0.15, 0.2) is 72.8 Å². The van der Waals surface area contributed by atoms with Crippen molar-refractivity contribution in [3.05, 3.63) is 117 Å². The highest BCUT2D eigenvalue weighted by Gasteiger charge is 2.32. The van der Waals surface area contributed by atoms with E-state index in [4.69, 9.17) is 18.1 Å². The molecule has 0 aliphatic carbocycles. The predicted molar refractivity (Wildman–Crippen MR) is 291 cm³/mol. The highest BCUT2D eigenvalue weighted by molar-refractivity contribution is 7.48. The van der Waals surface area contributed by atoms with Gasteiger partial charge in [-0.1, -0.05) is 215 Å². The van der Waals surface area contributed by atoms with Gasteiger partial charge in [0.15, 0.2) is 0 Å². The van der Waals surface area contributed by atoms with Crippen LogP contribution in [0, 0.1) is 0 Å². The van der Waals surface area contributed by atoms with E-state index in [2.05, 4.69) is 239 Å². The number of hydrogen-bond donors (Lipinski definition) is 0. The molecule has 4 rings (SSSR count). The Morgan fingerprint density at radius 3 is 0.606 bits per heavy atom. The van der Waals surface area contributed by atoms with Gasteiger partial charge in [0, 0.05) is 34.6 Å². The first-order valence-corrected chi connectivity index (χ1v) is 27.4. The first kappa shape index (κ1) is 55.5. The van der Waals surface area contributed by atoms with Gasteiger partial charge in [-0.05, 0) is 103 Å². The van der Waals surface area contributed by atoms with Gasteiger partial charge in [-0.25, -0.2) is 0 Å². The lowest BCUT2D eigenvalue weighted by atomic mass is 9.80. The van der Waals surface area contributed by atoms with Crippen LogP contribution in [0.25, 0.3) is 0 Å². The van der Waals surface area contributed by atoms with E-state index in [1.807, 2.05) is 0 Å². The van der Waals surface area contributed by atoms with Crippen LogP contribution in [0.4, 0.5) is 0 Å². The monoisotopic (exact) mass is 939 g/mol. The standard InChI is InChI=1S/C60H92O4P2/c1-53(2,3)41-27-31-49(45(37-41)57(13,14)15)61-65(62-50-32-28-42(54(4,5)6)38-46(50)58(16,17)18)35-25-26-36-66(63-51-33-29-43(55(7,8)9)39-47(51)59(19,20)21)64-52-34-30-44(56(10,11)12)40-48(52)60(22,23)24/h27-34,37-40H,25-26,35-36H2,1-24H3. The molecule has 366 valence electrons. The Morgan fingerprint density at radius 1 is 0.273 bits per heavy atom. The van der Waals surface area contributed by atoms with Crippen molar-refractivity contribution in [3.8, 4) is 23.0 Å². The molecule has 0 amide bonds. The van der Waals surface area contributed by atoms with Crippen molar-refractivity contribution in [1.29, 1.82) is 0 Å². The van der Waals surface area contributed by atoms with Gasteiger partial charge in [-0.2, -0.15) is 0 Å². The second kappa shape index (κ2) is 20.1. The molecule has 0 bridgehead atoms. The van der Waals surface area contributed by atoms with Crippen LogP contribution in [0.3, 0.4) is 0 Å². The van der Waals surface area contributed by atoms with E-state index in [1.165, 1.54) is 44.5 Å². The zero-order valence-electron chi connectivity index (χ0n) is 46.3. The van der Waals surface area contributed by atoms with Gasteiger partial charge in [-0.3, -0.25) is 0 Å². The van der Waals surface area contributed by atoms with Crippen molar-refractivity contribution < 1.29 is 18.1 Å². The molecule has 0 aliphatic heterocycles. The minimum Gasteiger partial charge on any atom is -0.438 e. The number of rotatable bonds is 13. The molecule has 6 heteroatoms. The van der Waals surface area contributed by atoms with Gasteiger partial charge >= 0.3 is 0 Å². The summed E-state index contributed by atoms with van der Waals surface area (Å²) in [4.78, 5) is 0. The predicted octanol–water partition coefficient (Wildman–Crippen LogP) is 19.1. The van der Waals surface area contributed by atoms with Gasteiger partial charge in [0.25, 0.3) is 16.8 Å². The van der Waals surface area contributed by atoms with Gasteiger partial charge in [0.2, 0.25) is 0 Å². The molecule has 0 heterocycles. The lowest BCUT2D eigenvalue weighted by Crippen LogP contribution is -2.19.